The van der Waals surface area contributed by atoms with Gasteiger partial charge in [0.15, 0.2) is 0 Å². The summed E-state index contributed by atoms with van der Waals surface area (Å²) in [7, 11) is 0. The van der Waals surface area contributed by atoms with Gasteiger partial charge in [0, 0.05) is 30.3 Å². The van der Waals surface area contributed by atoms with Crippen molar-refractivity contribution in [2.75, 3.05) is 0 Å². The summed E-state index contributed by atoms with van der Waals surface area (Å²) in [5.41, 5.74) is 1.43. The Kier molecular flexibility index (Phi) is 4.80. The predicted molar refractivity (Wildman–Crippen MR) is 116 cm³/mol. The Hall–Kier alpha value is -3.68. The third-order valence-corrected chi connectivity index (χ3v) is 5.17. The van der Waals surface area contributed by atoms with E-state index in [-0.39, 0.29) is 22.4 Å². The first-order valence-electron chi connectivity index (χ1n) is 9.77. The minimum Gasteiger partial charge on any atom is -0.192 e. The molecule has 31 heavy (non-hydrogen) atoms. The van der Waals surface area contributed by atoms with E-state index in [1.54, 1.807) is 34.9 Å². The van der Waals surface area contributed by atoms with Gasteiger partial charge in [-0.1, -0.05) is 51.1 Å². The number of hydrogen-bond acceptors (Lipinski definition) is 1. The van der Waals surface area contributed by atoms with E-state index in [0.717, 1.165) is 11.6 Å². The summed E-state index contributed by atoms with van der Waals surface area (Å²) in [6.45, 7) is 6.22. The van der Waals surface area contributed by atoms with Gasteiger partial charge in [0.05, 0.1) is 11.6 Å². The molecular formula is C25H20F3N3+2. The van der Waals surface area contributed by atoms with Crippen LogP contribution in [0.1, 0.15) is 37.5 Å². The minimum atomic E-state index is -4.63. The van der Waals surface area contributed by atoms with E-state index in [0.29, 0.717) is 11.4 Å². The molecule has 0 aliphatic carbocycles. The summed E-state index contributed by atoms with van der Waals surface area (Å²) in [4.78, 5) is 0. The Bertz CT molecular complexity index is 1280. The molecule has 0 fully saturated rings. The van der Waals surface area contributed by atoms with Crippen LogP contribution in [0.15, 0.2) is 66.7 Å². The van der Waals surface area contributed by atoms with E-state index in [1.807, 2.05) is 30.3 Å². The van der Waals surface area contributed by atoms with Gasteiger partial charge in [0.2, 0.25) is 11.4 Å². The Morgan fingerprint density at radius 1 is 0.839 bits per heavy atom. The molecule has 3 aromatic carbocycles. The molecule has 0 unspecified atom stereocenters. The first kappa shape index (κ1) is 20.6. The van der Waals surface area contributed by atoms with Crippen molar-refractivity contribution in [2.24, 2.45) is 0 Å². The second-order valence-electron chi connectivity index (χ2n) is 8.41. The summed E-state index contributed by atoms with van der Waals surface area (Å²) in [5, 5.41) is 9.38. The molecule has 6 heteroatoms. The highest BCUT2D eigenvalue weighted by Gasteiger charge is 2.48. The lowest BCUT2D eigenvalue weighted by Crippen LogP contribution is -2.12. The standard InChI is InChI=1S/C25H20F3N3/c1-24(2,3)18-8-7-11-20(14-18)30-16-31(19-9-5-4-6-10-19)23-21(25(26,27)28)12-17(15-29)13-22(23)30/h4-14H,1-3H3/q+2. The minimum absolute atomic E-state index is 0.0427. The maximum absolute atomic E-state index is 14.0. The number of nitrogens with zero attached hydrogens (tertiary/aromatic N) is 3. The van der Waals surface area contributed by atoms with Crippen LogP contribution >= 0.6 is 0 Å². The fourth-order valence-corrected chi connectivity index (χ4v) is 3.58. The number of hydrogen-bond donors (Lipinski definition) is 0. The zero-order chi connectivity index (χ0) is 22.4. The molecule has 0 spiro atoms. The monoisotopic (exact) mass is 419 g/mol. The summed E-state index contributed by atoms with van der Waals surface area (Å²) in [6, 6.07) is 23.7. The summed E-state index contributed by atoms with van der Waals surface area (Å²) in [6.07, 6.45) is -4.63. The van der Waals surface area contributed by atoms with Crippen molar-refractivity contribution in [3.05, 3.63) is 83.4 Å². The van der Waals surface area contributed by atoms with Crippen molar-refractivity contribution in [3.8, 4) is 6.07 Å². The summed E-state index contributed by atoms with van der Waals surface area (Å²) in [5.74, 6) is 0. The Labute approximate surface area is 178 Å². The van der Waals surface area contributed by atoms with Crippen molar-refractivity contribution >= 4 is 28.8 Å². The first-order valence-corrected chi connectivity index (χ1v) is 9.77. The molecule has 0 saturated heterocycles. The van der Waals surface area contributed by atoms with Gasteiger partial charge in [-0.05, 0) is 26.2 Å². The lowest BCUT2D eigenvalue weighted by atomic mass is 9.87. The van der Waals surface area contributed by atoms with Gasteiger partial charge in [-0.3, -0.25) is 0 Å². The SMILES string of the molecule is CC(C)(C)c1cccc([N+]2=C=[N+](c3ccccc3)c3c2cc(C#N)cc3C(F)(F)F)c1. The lowest BCUT2D eigenvalue weighted by molar-refractivity contribution is -0.137. The smallest absolute Gasteiger partial charge is 0.192 e. The van der Waals surface area contributed by atoms with Gasteiger partial charge in [0.1, 0.15) is 5.56 Å². The molecule has 1 heterocycles. The largest absolute Gasteiger partial charge is 0.503 e. The number of rotatable bonds is 2. The molecule has 0 amide bonds. The van der Waals surface area contributed by atoms with Gasteiger partial charge in [0.25, 0.3) is 0 Å². The number of para-hydroxylation sites is 1. The normalized spacial score (nSPS) is 13.3. The van der Waals surface area contributed by atoms with Crippen LogP contribution in [-0.4, -0.2) is 6.01 Å². The third kappa shape index (κ3) is 3.76. The fourth-order valence-electron chi connectivity index (χ4n) is 3.58. The van der Waals surface area contributed by atoms with Crippen molar-refractivity contribution in [1.29, 1.82) is 5.26 Å². The van der Waals surface area contributed by atoms with Crippen LogP contribution in [0.2, 0.25) is 0 Å². The maximum atomic E-state index is 14.0. The van der Waals surface area contributed by atoms with Crippen LogP contribution in [0, 0.1) is 11.3 Å². The Morgan fingerprint density at radius 2 is 1.52 bits per heavy atom. The fraction of sp³-hybridized carbons (Fsp3) is 0.200. The van der Waals surface area contributed by atoms with Gasteiger partial charge >= 0.3 is 23.6 Å². The van der Waals surface area contributed by atoms with E-state index in [9.17, 15) is 18.4 Å². The van der Waals surface area contributed by atoms with Crippen molar-refractivity contribution < 1.29 is 13.2 Å². The maximum Gasteiger partial charge on any atom is 0.503 e. The number of alkyl halides is 3. The van der Waals surface area contributed by atoms with Gasteiger partial charge in [-0.25, -0.2) is 0 Å². The van der Waals surface area contributed by atoms with E-state index in [1.165, 1.54) is 10.6 Å². The summed E-state index contributed by atoms with van der Waals surface area (Å²) >= 11 is 0. The zero-order valence-electron chi connectivity index (χ0n) is 17.3. The van der Waals surface area contributed by atoms with Crippen LogP contribution in [0.4, 0.5) is 35.9 Å². The van der Waals surface area contributed by atoms with Crippen LogP contribution in [0.5, 0.6) is 0 Å². The number of nitriles is 1. The molecule has 3 nitrogen and oxygen atoms in total. The van der Waals surface area contributed by atoms with E-state index >= 15 is 0 Å². The molecular weight excluding hydrogens is 399 g/mol. The Balaban J connectivity index is 2.06. The van der Waals surface area contributed by atoms with E-state index in [2.05, 4.69) is 26.8 Å². The van der Waals surface area contributed by atoms with Gasteiger partial charge < -0.3 is 0 Å². The average Bonchev–Trinajstić information content (AvgIpc) is 3.12. The molecule has 0 radical (unpaired) electrons. The average molecular weight is 419 g/mol. The quantitative estimate of drug-likeness (QED) is 0.331. The van der Waals surface area contributed by atoms with E-state index in [4.69, 9.17) is 0 Å². The highest BCUT2D eigenvalue weighted by molar-refractivity contribution is 5.87. The summed E-state index contributed by atoms with van der Waals surface area (Å²) < 4.78 is 45.0. The third-order valence-electron chi connectivity index (χ3n) is 5.17. The van der Waals surface area contributed by atoms with Crippen molar-refractivity contribution in [1.82, 2.24) is 9.15 Å². The second kappa shape index (κ2) is 7.23. The number of fused-ring (bicyclic) bond motifs is 1. The van der Waals surface area contributed by atoms with Crippen LogP contribution in [0.3, 0.4) is 0 Å². The molecule has 0 saturated carbocycles. The van der Waals surface area contributed by atoms with E-state index < -0.39 is 11.7 Å². The van der Waals surface area contributed by atoms with Crippen molar-refractivity contribution in [2.45, 2.75) is 32.4 Å². The lowest BCUT2D eigenvalue weighted by Gasteiger charge is -2.18. The molecule has 0 atom stereocenters. The molecule has 0 aromatic heterocycles. The number of benzene rings is 3. The van der Waals surface area contributed by atoms with Crippen molar-refractivity contribution in [3.63, 3.8) is 0 Å². The zero-order valence-corrected chi connectivity index (χ0v) is 17.3. The van der Waals surface area contributed by atoms with Gasteiger partial charge in [-0.15, -0.1) is 0 Å². The Morgan fingerprint density at radius 3 is 2.13 bits per heavy atom. The van der Waals surface area contributed by atoms with Crippen LogP contribution in [-0.2, 0) is 11.6 Å². The molecule has 1 aliphatic rings. The first-order chi connectivity index (χ1) is 14.6. The number of halogens is 3. The molecule has 4 rings (SSSR count). The topological polar surface area (TPSA) is 29.8 Å². The van der Waals surface area contributed by atoms with Gasteiger partial charge in [-0.2, -0.15) is 18.4 Å². The second-order valence-corrected chi connectivity index (χ2v) is 8.41. The molecule has 0 N–H and O–H groups in total. The highest BCUT2D eigenvalue weighted by atomic mass is 19.4. The highest BCUT2D eigenvalue weighted by Crippen LogP contribution is 2.45. The van der Waals surface area contributed by atoms with Crippen LogP contribution < -0.4 is 9.15 Å². The predicted octanol–water partition coefficient (Wildman–Crippen LogP) is 6.73. The molecule has 0 bridgehead atoms. The molecule has 1 aliphatic heterocycles. The molecule has 154 valence electrons. The van der Waals surface area contributed by atoms with Crippen LogP contribution in [0.25, 0.3) is 0 Å². The molecule has 3 aromatic rings.